The number of nitrogens with zero attached hydrogens (tertiary/aromatic N) is 3. The molecule has 1 aliphatic rings. The molecule has 0 bridgehead atoms. The molecule has 2 aromatic carbocycles. The molecule has 1 saturated heterocycles. The quantitative estimate of drug-likeness (QED) is 0.660. The monoisotopic (exact) mass is 405 g/mol. The molecular weight excluding hydrogens is 382 g/mol. The number of esters is 1. The summed E-state index contributed by atoms with van der Waals surface area (Å²) in [7, 11) is 0. The Kier molecular flexibility index (Phi) is 6.81. The topological polar surface area (TPSA) is 90.7 Å². The highest BCUT2D eigenvalue weighted by Crippen LogP contribution is 2.22. The molecule has 2 amide bonds. The Hall–Kier alpha value is -3.66. The minimum atomic E-state index is -0.619. The van der Waals surface area contributed by atoms with Crippen molar-refractivity contribution in [2.45, 2.75) is 26.2 Å². The van der Waals surface area contributed by atoms with Crippen LogP contribution in [-0.2, 0) is 14.3 Å². The molecule has 3 rings (SSSR count). The Balaban J connectivity index is 1.61. The molecule has 0 radical (unpaired) electrons. The highest BCUT2D eigenvalue weighted by Gasteiger charge is 2.22. The lowest BCUT2D eigenvalue weighted by Crippen LogP contribution is -2.35. The van der Waals surface area contributed by atoms with Gasteiger partial charge in [-0.05, 0) is 49.7 Å². The fourth-order valence-electron chi connectivity index (χ4n) is 3.27. The Morgan fingerprint density at radius 1 is 1.13 bits per heavy atom. The Bertz CT molecular complexity index is 961. The molecule has 1 fully saturated rings. The molecule has 154 valence electrons. The van der Waals surface area contributed by atoms with Crippen LogP contribution in [0.1, 0.15) is 35.2 Å². The van der Waals surface area contributed by atoms with Crippen molar-refractivity contribution in [3.63, 3.8) is 0 Å². The molecule has 1 heterocycles. The van der Waals surface area contributed by atoms with Crippen molar-refractivity contribution in [3.8, 4) is 6.07 Å². The van der Waals surface area contributed by atoms with E-state index in [1.165, 1.54) is 4.90 Å². The van der Waals surface area contributed by atoms with Crippen LogP contribution in [-0.4, -0.2) is 37.5 Å². The summed E-state index contributed by atoms with van der Waals surface area (Å²) in [6, 6.07) is 15.9. The summed E-state index contributed by atoms with van der Waals surface area (Å²) < 4.78 is 5.19. The number of anilines is 2. The van der Waals surface area contributed by atoms with Gasteiger partial charge in [0.1, 0.15) is 0 Å². The molecule has 0 aliphatic carbocycles. The molecule has 0 saturated carbocycles. The Morgan fingerprint density at radius 3 is 2.43 bits per heavy atom. The molecule has 0 aromatic heterocycles. The Labute approximate surface area is 175 Å². The summed E-state index contributed by atoms with van der Waals surface area (Å²) in [6.45, 7) is 2.41. The number of aryl methyl sites for hydroxylation is 1. The lowest BCUT2D eigenvalue weighted by Gasteiger charge is -2.22. The van der Waals surface area contributed by atoms with Crippen molar-refractivity contribution in [1.29, 1.82) is 5.26 Å². The summed E-state index contributed by atoms with van der Waals surface area (Å²) in [4.78, 5) is 39.9. The van der Waals surface area contributed by atoms with E-state index in [1.807, 2.05) is 25.1 Å². The minimum Gasteiger partial charge on any atom is -0.452 e. The van der Waals surface area contributed by atoms with Crippen LogP contribution in [0.4, 0.5) is 11.4 Å². The molecular formula is C23H23N3O4. The van der Waals surface area contributed by atoms with Gasteiger partial charge >= 0.3 is 5.97 Å². The average molecular weight is 405 g/mol. The summed E-state index contributed by atoms with van der Waals surface area (Å²) >= 11 is 0. The van der Waals surface area contributed by atoms with E-state index < -0.39 is 18.5 Å². The summed E-state index contributed by atoms with van der Waals surface area (Å²) in [6.07, 6.45) is 1.54. The number of nitriles is 1. The van der Waals surface area contributed by atoms with E-state index in [9.17, 15) is 14.4 Å². The second-order valence-corrected chi connectivity index (χ2v) is 7.06. The molecule has 0 unspecified atom stereocenters. The van der Waals surface area contributed by atoms with Crippen molar-refractivity contribution < 1.29 is 19.1 Å². The first-order valence-corrected chi connectivity index (χ1v) is 9.81. The third kappa shape index (κ3) is 5.03. The van der Waals surface area contributed by atoms with Gasteiger partial charge in [0.25, 0.3) is 5.91 Å². The summed E-state index contributed by atoms with van der Waals surface area (Å²) in [5.74, 6) is -0.946. The largest absolute Gasteiger partial charge is 0.452 e. The van der Waals surface area contributed by atoms with Gasteiger partial charge < -0.3 is 14.5 Å². The van der Waals surface area contributed by atoms with E-state index in [2.05, 4.69) is 0 Å². The normalized spacial score (nSPS) is 13.1. The number of benzene rings is 2. The molecule has 0 spiro atoms. The summed E-state index contributed by atoms with van der Waals surface area (Å²) in [5, 5.41) is 8.87. The van der Waals surface area contributed by atoms with Crippen molar-refractivity contribution in [2.75, 3.05) is 29.5 Å². The first kappa shape index (κ1) is 21.1. The van der Waals surface area contributed by atoms with Gasteiger partial charge in [-0.1, -0.05) is 17.7 Å². The van der Waals surface area contributed by atoms with Crippen molar-refractivity contribution >= 4 is 29.2 Å². The van der Waals surface area contributed by atoms with Crippen LogP contribution in [0, 0.1) is 18.3 Å². The maximum atomic E-state index is 12.6. The van der Waals surface area contributed by atoms with Gasteiger partial charge in [0.15, 0.2) is 6.61 Å². The highest BCUT2D eigenvalue weighted by atomic mass is 16.5. The van der Waals surface area contributed by atoms with Crippen LogP contribution in [0.25, 0.3) is 0 Å². The number of hydrogen-bond donors (Lipinski definition) is 0. The predicted octanol–water partition coefficient (Wildman–Crippen LogP) is 3.23. The maximum absolute atomic E-state index is 12.6. The van der Waals surface area contributed by atoms with Crippen LogP contribution in [0.15, 0.2) is 48.5 Å². The van der Waals surface area contributed by atoms with Crippen LogP contribution < -0.4 is 9.80 Å². The van der Waals surface area contributed by atoms with Crippen molar-refractivity contribution in [2.24, 2.45) is 0 Å². The molecule has 1 aliphatic heterocycles. The molecule has 0 N–H and O–H groups in total. The standard InChI is InChI=1S/C23H23N3O4/c1-17-5-9-19(10-6-17)26(15-3-13-24)22(28)16-30-23(29)18-7-11-20(12-8-18)25-14-2-4-21(25)27/h5-12H,2-4,14-16H2,1H3. The van der Waals surface area contributed by atoms with E-state index in [1.54, 1.807) is 41.3 Å². The third-order valence-electron chi connectivity index (χ3n) is 4.91. The lowest BCUT2D eigenvalue weighted by atomic mass is 10.2. The fraction of sp³-hybridized carbons (Fsp3) is 0.304. The van der Waals surface area contributed by atoms with Gasteiger partial charge in [-0.3, -0.25) is 9.59 Å². The van der Waals surface area contributed by atoms with E-state index in [4.69, 9.17) is 10.00 Å². The second kappa shape index (κ2) is 9.70. The second-order valence-electron chi connectivity index (χ2n) is 7.06. The summed E-state index contributed by atoms with van der Waals surface area (Å²) in [5.41, 5.74) is 2.75. The predicted molar refractivity (Wildman–Crippen MR) is 112 cm³/mol. The zero-order chi connectivity index (χ0) is 21.5. The number of carbonyl (C=O) groups is 3. The molecule has 7 heteroatoms. The molecule has 7 nitrogen and oxygen atoms in total. The average Bonchev–Trinajstić information content (AvgIpc) is 3.19. The van der Waals surface area contributed by atoms with Gasteiger partial charge in [-0.15, -0.1) is 0 Å². The minimum absolute atomic E-state index is 0.0736. The SMILES string of the molecule is Cc1ccc(N(CCC#N)C(=O)COC(=O)c2ccc(N3CCCC3=O)cc2)cc1. The zero-order valence-corrected chi connectivity index (χ0v) is 16.8. The number of amides is 2. The van der Waals surface area contributed by atoms with Crippen LogP contribution in [0.2, 0.25) is 0 Å². The van der Waals surface area contributed by atoms with Gasteiger partial charge in [0.05, 0.1) is 18.1 Å². The fourth-order valence-corrected chi connectivity index (χ4v) is 3.27. The highest BCUT2D eigenvalue weighted by molar-refractivity contribution is 5.98. The number of carbonyl (C=O) groups excluding carboxylic acids is 3. The van der Waals surface area contributed by atoms with Crippen LogP contribution in [0.5, 0.6) is 0 Å². The van der Waals surface area contributed by atoms with Gasteiger partial charge in [-0.2, -0.15) is 5.26 Å². The van der Waals surface area contributed by atoms with Gasteiger partial charge in [0.2, 0.25) is 5.91 Å². The van der Waals surface area contributed by atoms with E-state index in [0.717, 1.165) is 17.7 Å². The van der Waals surface area contributed by atoms with E-state index >= 15 is 0 Å². The maximum Gasteiger partial charge on any atom is 0.338 e. The first-order chi connectivity index (χ1) is 14.5. The zero-order valence-electron chi connectivity index (χ0n) is 16.8. The van der Waals surface area contributed by atoms with E-state index in [0.29, 0.717) is 24.2 Å². The van der Waals surface area contributed by atoms with Crippen molar-refractivity contribution in [1.82, 2.24) is 0 Å². The van der Waals surface area contributed by atoms with E-state index in [-0.39, 0.29) is 18.9 Å². The third-order valence-corrected chi connectivity index (χ3v) is 4.91. The Morgan fingerprint density at radius 2 is 1.83 bits per heavy atom. The first-order valence-electron chi connectivity index (χ1n) is 9.81. The molecule has 0 atom stereocenters. The van der Waals surface area contributed by atoms with Crippen LogP contribution >= 0.6 is 0 Å². The lowest BCUT2D eigenvalue weighted by molar-refractivity contribution is -0.121. The number of rotatable bonds is 7. The number of hydrogen-bond acceptors (Lipinski definition) is 5. The molecule has 2 aromatic rings. The smallest absolute Gasteiger partial charge is 0.338 e. The van der Waals surface area contributed by atoms with Crippen molar-refractivity contribution in [3.05, 3.63) is 59.7 Å². The van der Waals surface area contributed by atoms with Crippen LogP contribution in [0.3, 0.4) is 0 Å². The van der Waals surface area contributed by atoms with Gasteiger partial charge in [-0.25, -0.2) is 4.79 Å². The van der Waals surface area contributed by atoms with Gasteiger partial charge in [0, 0.05) is 30.9 Å². The number of ether oxygens (including phenoxy) is 1. The molecule has 30 heavy (non-hydrogen) atoms.